The van der Waals surface area contributed by atoms with Gasteiger partial charge in [0.1, 0.15) is 11.4 Å². The summed E-state index contributed by atoms with van der Waals surface area (Å²) < 4.78 is 25.1. The van der Waals surface area contributed by atoms with Crippen LogP contribution in [0.15, 0.2) is 12.1 Å². The molecule has 0 bridgehead atoms. The van der Waals surface area contributed by atoms with Gasteiger partial charge in [0.2, 0.25) is 0 Å². The fraction of sp³-hybridized carbons (Fsp3) is 0.625. The highest BCUT2D eigenvalue weighted by atomic mass is 19.1. The second-order valence-corrected chi connectivity index (χ2v) is 5.70. The van der Waals surface area contributed by atoms with E-state index < -0.39 is 0 Å². The van der Waals surface area contributed by atoms with E-state index in [1.165, 1.54) is 0 Å². The molecule has 0 unspecified atom stereocenters. The minimum Gasteiger partial charge on any atom is -0.494 e. The Hall–Kier alpha value is -1.33. The number of hydrogen-bond donors (Lipinski definition) is 0. The van der Waals surface area contributed by atoms with Crippen LogP contribution < -0.4 is 9.64 Å². The summed E-state index contributed by atoms with van der Waals surface area (Å²) in [5.41, 5.74) is 1.58. The second kappa shape index (κ2) is 6.20. The number of piperazine rings is 1. The number of rotatable bonds is 4. The van der Waals surface area contributed by atoms with Crippen LogP contribution in [0, 0.1) is 5.82 Å². The predicted octanol–water partition coefficient (Wildman–Crippen LogP) is 1.92. The molecule has 1 aromatic rings. The molecule has 0 amide bonds. The topological polar surface area (TPSA) is 24.9 Å². The minimum absolute atomic E-state index is 0.174. The maximum atomic E-state index is 14.4. The molecule has 1 aromatic carbocycles. The fourth-order valence-corrected chi connectivity index (χ4v) is 3.04. The van der Waals surface area contributed by atoms with Crippen molar-refractivity contribution in [1.82, 2.24) is 4.90 Å². The summed E-state index contributed by atoms with van der Waals surface area (Å²) in [6, 6.07) is 4.13. The van der Waals surface area contributed by atoms with Crippen LogP contribution >= 0.6 is 0 Å². The van der Waals surface area contributed by atoms with E-state index in [4.69, 9.17) is 9.47 Å². The van der Waals surface area contributed by atoms with Crippen molar-refractivity contribution < 1.29 is 13.9 Å². The van der Waals surface area contributed by atoms with Gasteiger partial charge in [-0.1, -0.05) is 6.92 Å². The van der Waals surface area contributed by atoms with E-state index in [9.17, 15) is 4.39 Å². The number of benzene rings is 1. The first-order valence-electron chi connectivity index (χ1n) is 7.66. The molecule has 2 fully saturated rings. The van der Waals surface area contributed by atoms with Crippen molar-refractivity contribution in [2.75, 3.05) is 51.4 Å². The Morgan fingerprint density at radius 2 is 1.95 bits per heavy atom. The predicted molar refractivity (Wildman–Crippen MR) is 80.7 cm³/mol. The van der Waals surface area contributed by atoms with Gasteiger partial charge >= 0.3 is 0 Å². The van der Waals surface area contributed by atoms with E-state index in [1.807, 2.05) is 13.0 Å². The lowest BCUT2D eigenvalue weighted by molar-refractivity contribution is -0.0661. The van der Waals surface area contributed by atoms with Crippen LogP contribution in [0.5, 0.6) is 5.75 Å². The van der Waals surface area contributed by atoms with Gasteiger partial charge in [-0.05, 0) is 24.1 Å². The summed E-state index contributed by atoms with van der Waals surface area (Å²) in [5.74, 6) is 0.471. The number of ether oxygens (including phenoxy) is 2. The van der Waals surface area contributed by atoms with Crippen LogP contribution in [0.3, 0.4) is 0 Å². The normalized spacial score (nSPS) is 20.4. The van der Waals surface area contributed by atoms with Gasteiger partial charge in [-0.2, -0.15) is 0 Å². The monoisotopic (exact) mass is 294 g/mol. The molecule has 0 saturated carbocycles. The van der Waals surface area contributed by atoms with Crippen molar-refractivity contribution in [3.05, 3.63) is 23.5 Å². The molecule has 5 heteroatoms. The van der Waals surface area contributed by atoms with Crippen molar-refractivity contribution in [2.24, 2.45) is 0 Å². The van der Waals surface area contributed by atoms with Crippen molar-refractivity contribution in [1.29, 1.82) is 0 Å². The van der Waals surface area contributed by atoms with Crippen LogP contribution in [0.2, 0.25) is 0 Å². The van der Waals surface area contributed by atoms with Crippen molar-refractivity contribution >= 4 is 5.69 Å². The summed E-state index contributed by atoms with van der Waals surface area (Å²) >= 11 is 0. The zero-order valence-electron chi connectivity index (χ0n) is 12.8. The van der Waals surface area contributed by atoms with Gasteiger partial charge in [-0.15, -0.1) is 0 Å². The lowest BCUT2D eigenvalue weighted by atomic mass is 10.1. The molecule has 0 radical (unpaired) electrons. The lowest BCUT2D eigenvalue weighted by Gasteiger charge is -2.43. The summed E-state index contributed by atoms with van der Waals surface area (Å²) in [7, 11) is 1.61. The number of hydrogen-bond acceptors (Lipinski definition) is 4. The zero-order chi connectivity index (χ0) is 14.8. The summed E-state index contributed by atoms with van der Waals surface area (Å²) in [5, 5.41) is 0. The molecule has 0 aromatic heterocycles. The lowest BCUT2D eigenvalue weighted by Crippen LogP contribution is -2.56. The van der Waals surface area contributed by atoms with E-state index in [0.29, 0.717) is 17.5 Å². The zero-order valence-corrected chi connectivity index (χ0v) is 12.8. The van der Waals surface area contributed by atoms with Crippen LogP contribution in [-0.2, 0) is 11.2 Å². The average molecular weight is 294 g/mol. The number of nitrogens with zero attached hydrogens (tertiary/aromatic N) is 2. The largest absolute Gasteiger partial charge is 0.494 e. The maximum absolute atomic E-state index is 14.4. The summed E-state index contributed by atoms with van der Waals surface area (Å²) in [6.45, 7) is 7.25. The molecule has 116 valence electrons. The van der Waals surface area contributed by atoms with E-state index >= 15 is 0 Å². The molecule has 2 heterocycles. The van der Waals surface area contributed by atoms with Crippen molar-refractivity contribution in [3.63, 3.8) is 0 Å². The highest BCUT2D eigenvalue weighted by Crippen LogP contribution is 2.34. The quantitative estimate of drug-likeness (QED) is 0.847. The third-order valence-electron chi connectivity index (χ3n) is 4.48. The molecule has 2 aliphatic heterocycles. The molecule has 2 aliphatic rings. The smallest absolute Gasteiger partial charge is 0.150 e. The second-order valence-electron chi connectivity index (χ2n) is 5.70. The number of aryl methyl sites for hydroxylation is 1. The molecule has 0 N–H and O–H groups in total. The van der Waals surface area contributed by atoms with Gasteiger partial charge in [-0.25, -0.2) is 4.39 Å². The Morgan fingerprint density at radius 3 is 2.48 bits per heavy atom. The Labute approximate surface area is 125 Å². The summed E-state index contributed by atoms with van der Waals surface area (Å²) in [4.78, 5) is 4.54. The maximum Gasteiger partial charge on any atom is 0.150 e. The number of methoxy groups -OCH3 is 1. The van der Waals surface area contributed by atoms with Crippen molar-refractivity contribution in [2.45, 2.75) is 19.4 Å². The van der Waals surface area contributed by atoms with Gasteiger partial charge in [0.25, 0.3) is 0 Å². The molecule has 21 heavy (non-hydrogen) atoms. The highest BCUT2D eigenvalue weighted by Gasteiger charge is 2.30. The molecular weight excluding hydrogens is 271 g/mol. The molecule has 2 saturated heterocycles. The third-order valence-corrected chi connectivity index (χ3v) is 4.48. The van der Waals surface area contributed by atoms with Crippen molar-refractivity contribution in [3.8, 4) is 5.75 Å². The Bertz CT molecular complexity index is 497. The van der Waals surface area contributed by atoms with Gasteiger partial charge in [0, 0.05) is 26.2 Å². The molecule has 0 aliphatic carbocycles. The SMILES string of the molecule is CCc1cc(F)c(N2CCN(C3COC3)CC2)c(OC)c1. The van der Waals surface area contributed by atoms with E-state index in [0.717, 1.165) is 51.4 Å². The van der Waals surface area contributed by atoms with E-state index in [-0.39, 0.29) is 5.82 Å². The molecule has 0 spiro atoms. The Balaban J connectivity index is 1.74. The fourth-order valence-electron chi connectivity index (χ4n) is 3.04. The molecule has 3 rings (SSSR count). The van der Waals surface area contributed by atoms with Gasteiger partial charge in [0.05, 0.1) is 26.4 Å². The average Bonchev–Trinajstić information content (AvgIpc) is 2.45. The van der Waals surface area contributed by atoms with Crippen LogP contribution in [0.4, 0.5) is 10.1 Å². The Morgan fingerprint density at radius 1 is 1.24 bits per heavy atom. The minimum atomic E-state index is -0.174. The van der Waals surface area contributed by atoms with Crippen LogP contribution in [0.25, 0.3) is 0 Å². The number of halogens is 1. The van der Waals surface area contributed by atoms with Gasteiger partial charge in [-0.3, -0.25) is 4.90 Å². The van der Waals surface area contributed by atoms with Gasteiger partial charge < -0.3 is 14.4 Å². The van der Waals surface area contributed by atoms with Gasteiger partial charge in [0.15, 0.2) is 5.82 Å². The third kappa shape index (κ3) is 2.85. The van der Waals surface area contributed by atoms with E-state index in [2.05, 4.69) is 9.80 Å². The molecule has 0 atom stereocenters. The first-order valence-corrected chi connectivity index (χ1v) is 7.66. The highest BCUT2D eigenvalue weighted by molar-refractivity contribution is 5.61. The molecular formula is C16H23FN2O2. The van der Waals surface area contributed by atoms with Crippen LogP contribution in [-0.4, -0.2) is 57.4 Å². The van der Waals surface area contributed by atoms with E-state index in [1.54, 1.807) is 13.2 Å². The molecule has 4 nitrogen and oxygen atoms in total. The first-order chi connectivity index (χ1) is 10.2. The summed E-state index contributed by atoms with van der Waals surface area (Å²) in [6.07, 6.45) is 0.809. The van der Waals surface area contributed by atoms with Crippen LogP contribution in [0.1, 0.15) is 12.5 Å². The first kappa shape index (κ1) is 14.6. The Kier molecular flexibility index (Phi) is 4.31. The number of anilines is 1. The standard InChI is InChI=1S/C16H23FN2O2/c1-3-12-8-14(17)16(15(9-12)20-2)19-6-4-18(5-7-19)13-10-21-11-13/h8-9,13H,3-7,10-11H2,1-2H3.